The van der Waals surface area contributed by atoms with Crippen molar-refractivity contribution in [3.05, 3.63) is 53.6 Å². The third-order valence-corrected chi connectivity index (χ3v) is 6.69. The van der Waals surface area contributed by atoms with Gasteiger partial charge >= 0.3 is 0 Å². The molecule has 0 spiro atoms. The van der Waals surface area contributed by atoms with Crippen LogP contribution in [-0.2, 0) is 19.6 Å². The van der Waals surface area contributed by atoms with Crippen molar-refractivity contribution in [3.8, 4) is 17.2 Å². The lowest BCUT2D eigenvalue weighted by Crippen LogP contribution is -2.38. The molecular weight excluding hydrogens is 424 g/mol. The summed E-state index contributed by atoms with van der Waals surface area (Å²) >= 11 is 0. The third-order valence-electron chi connectivity index (χ3n) is 4.76. The van der Waals surface area contributed by atoms with E-state index < -0.39 is 28.4 Å². The number of amides is 2. The lowest BCUT2D eigenvalue weighted by molar-refractivity contribution is -0.126. The van der Waals surface area contributed by atoms with E-state index in [2.05, 4.69) is 5.32 Å². The molecule has 0 bridgehead atoms. The van der Waals surface area contributed by atoms with Gasteiger partial charge in [0.2, 0.25) is 5.91 Å². The Kier molecular flexibility index (Phi) is 6.21. The number of hydrogen-bond acceptors (Lipinski definition) is 7. The molecule has 1 N–H and O–H groups in total. The van der Waals surface area contributed by atoms with Crippen LogP contribution in [0, 0.1) is 0 Å². The van der Waals surface area contributed by atoms with Gasteiger partial charge in [-0.05, 0) is 48.9 Å². The van der Waals surface area contributed by atoms with E-state index in [0.717, 1.165) is 0 Å². The lowest BCUT2D eigenvalue weighted by Gasteiger charge is -2.17. The molecule has 0 radical (unpaired) electrons. The number of anilines is 1. The van der Waals surface area contributed by atoms with Crippen LogP contribution in [0.3, 0.4) is 0 Å². The minimum atomic E-state index is -4.20. The Morgan fingerprint density at radius 3 is 2.16 bits per heavy atom. The smallest absolute Gasteiger partial charge is 0.268 e. The summed E-state index contributed by atoms with van der Waals surface area (Å²) in [7, 11) is 0.208. The Bertz CT molecular complexity index is 1150. The summed E-state index contributed by atoms with van der Waals surface area (Å²) in [5, 5.41) is 2.57. The number of carbonyl (C=O) groups excluding carboxylic acids is 2. The first kappa shape index (κ1) is 22.2. The molecule has 31 heavy (non-hydrogen) atoms. The van der Waals surface area contributed by atoms with Gasteiger partial charge in [-0.25, -0.2) is 12.7 Å². The number of nitrogens with one attached hydrogen (secondary N) is 1. The fourth-order valence-corrected chi connectivity index (χ4v) is 4.95. The van der Waals surface area contributed by atoms with Gasteiger partial charge < -0.3 is 19.5 Å². The van der Waals surface area contributed by atoms with Crippen molar-refractivity contribution in [2.45, 2.75) is 6.92 Å². The Morgan fingerprint density at radius 2 is 1.58 bits per heavy atom. The van der Waals surface area contributed by atoms with Crippen molar-refractivity contribution < 1.29 is 32.2 Å². The van der Waals surface area contributed by atoms with Crippen LogP contribution in [-0.4, -0.2) is 52.4 Å². The maximum Gasteiger partial charge on any atom is 0.268 e. The molecule has 1 aliphatic rings. The molecule has 0 aliphatic carbocycles. The Morgan fingerprint density at radius 1 is 0.968 bits per heavy atom. The van der Waals surface area contributed by atoms with E-state index in [-0.39, 0.29) is 10.5 Å². The summed E-state index contributed by atoms with van der Waals surface area (Å²) in [6.07, 6.45) is 0. The summed E-state index contributed by atoms with van der Waals surface area (Å²) < 4.78 is 42.1. The number of benzene rings is 2. The Labute approximate surface area is 180 Å². The second-order valence-corrected chi connectivity index (χ2v) is 8.41. The van der Waals surface area contributed by atoms with E-state index in [0.29, 0.717) is 32.8 Å². The standard InChI is InChI=1S/C21H22N2O7S/c1-13-20(14-5-7-15(28-2)8-6-14)31(26,27)23(21(13)25)12-19(24)22-17-10-9-16(29-3)11-18(17)30-4/h5-11H,12H2,1-4H3,(H,22,24). The minimum absolute atomic E-state index is 0.0417. The maximum atomic E-state index is 13.1. The summed E-state index contributed by atoms with van der Waals surface area (Å²) in [5.41, 5.74) is 0.698. The van der Waals surface area contributed by atoms with E-state index in [1.165, 1.54) is 28.3 Å². The number of methoxy groups -OCH3 is 3. The molecule has 1 aliphatic heterocycles. The lowest BCUT2D eigenvalue weighted by atomic mass is 10.1. The van der Waals surface area contributed by atoms with Crippen LogP contribution >= 0.6 is 0 Å². The SMILES string of the molecule is COc1ccc(C2=C(C)C(=O)N(CC(=O)Nc3ccc(OC)cc3OC)S2(=O)=O)cc1. The van der Waals surface area contributed by atoms with Crippen LogP contribution in [0.2, 0.25) is 0 Å². The molecule has 9 nitrogen and oxygen atoms in total. The van der Waals surface area contributed by atoms with Crippen LogP contribution in [0.4, 0.5) is 5.69 Å². The molecule has 2 aromatic carbocycles. The van der Waals surface area contributed by atoms with E-state index in [1.54, 1.807) is 42.5 Å². The fourth-order valence-electron chi connectivity index (χ4n) is 3.18. The molecule has 0 fully saturated rings. The van der Waals surface area contributed by atoms with Crippen LogP contribution in [0.15, 0.2) is 48.0 Å². The van der Waals surface area contributed by atoms with E-state index >= 15 is 0 Å². The second-order valence-electron chi connectivity index (χ2n) is 6.61. The van der Waals surface area contributed by atoms with E-state index in [4.69, 9.17) is 14.2 Å². The van der Waals surface area contributed by atoms with Gasteiger partial charge in [0.25, 0.3) is 15.9 Å². The number of rotatable bonds is 7. The van der Waals surface area contributed by atoms with Gasteiger partial charge in [-0.1, -0.05) is 0 Å². The van der Waals surface area contributed by atoms with Gasteiger partial charge in [-0.2, -0.15) is 0 Å². The summed E-state index contributed by atoms with van der Waals surface area (Å²) in [4.78, 5) is 25.1. The third kappa shape index (κ3) is 4.19. The van der Waals surface area contributed by atoms with Gasteiger partial charge in [-0.3, -0.25) is 9.59 Å². The average molecular weight is 446 g/mol. The molecule has 0 aromatic heterocycles. The molecule has 0 atom stereocenters. The number of carbonyl (C=O) groups is 2. The van der Waals surface area contributed by atoms with Gasteiger partial charge in [0.15, 0.2) is 0 Å². The first-order valence-electron chi connectivity index (χ1n) is 9.17. The highest BCUT2D eigenvalue weighted by molar-refractivity contribution is 7.99. The zero-order valence-electron chi connectivity index (χ0n) is 17.5. The predicted octanol–water partition coefficient (Wildman–Crippen LogP) is 2.25. The van der Waals surface area contributed by atoms with Crippen molar-refractivity contribution in [2.24, 2.45) is 0 Å². The van der Waals surface area contributed by atoms with Gasteiger partial charge in [-0.15, -0.1) is 0 Å². The summed E-state index contributed by atoms with van der Waals surface area (Å²) in [6.45, 7) is 0.747. The second kappa shape index (κ2) is 8.68. The minimum Gasteiger partial charge on any atom is -0.497 e. The number of hydrogen-bond donors (Lipinski definition) is 1. The molecular formula is C21H22N2O7S. The number of sulfonamides is 1. The predicted molar refractivity (Wildman–Crippen MR) is 114 cm³/mol. The summed E-state index contributed by atoms with van der Waals surface area (Å²) in [6, 6.07) is 11.0. The molecule has 2 aromatic rings. The average Bonchev–Trinajstić information content (AvgIpc) is 2.93. The zero-order valence-corrected chi connectivity index (χ0v) is 18.3. The van der Waals surface area contributed by atoms with Crippen LogP contribution < -0.4 is 19.5 Å². The van der Waals surface area contributed by atoms with Crippen molar-refractivity contribution in [1.29, 1.82) is 0 Å². The molecule has 0 unspecified atom stereocenters. The molecule has 10 heteroatoms. The van der Waals surface area contributed by atoms with Crippen LogP contribution in [0.1, 0.15) is 12.5 Å². The Hall–Kier alpha value is -3.53. The highest BCUT2D eigenvalue weighted by Gasteiger charge is 2.43. The monoisotopic (exact) mass is 446 g/mol. The quantitative estimate of drug-likeness (QED) is 0.694. The van der Waals surface area contributed by atoms with Crippen LogP contribution in [0.5, 0.6) is 17.2 Å². The van der Waals surface area contributed by atoms with Gasteiger partial charge in [0.1, 0.15) is 28.7 Å². The van der Waals surface area contributed by atoms with Crippen molar-refractivity contribution in [3.63, 3.8) is 0 Å². The van der Waals surface area contributed by atoms with E-state index in [1.807, 2.05) is 0 Å². The molecule has 0 saturated heterocycles. The van der Waals surface area contributed by atoms with Gasteiger partial charge in [0.05, 0.1) is 27.0 Å². The molecule has 3 rings (SSSR count). The fraction of sp³-hybridized carbons (Fsp3) is 0.238. The van der Waals surface area contributed by atoms with Crippen LogP contribution in [0.25, 0.3) is 4.91 Å². The topological polar surface area (TPSA) is 111 Å². The first-order chi connectivity index (χ1) is 14.7. The maximum absolute atomic E-state index is 13.1. The van der Waals surface area contributed by atoms with Crippen molar-refractivity contribution in [1.82, 2.24) is 4.31 Å². The highest BCUT2D eigenvalue weighted by atomic mass is 32.2. The van der Waals surface area contributed by atoms with E-state index in [9.17, 15) is 18.0 Å². The number of ether oxygens (including phenoxy) is 3. The first-order valence-corrected chi connectivity index (χ1v) is 10.6. The zero-order chi connectivity index (χ0) is 22.8. The van der Waals surface area contributed by atoms with Gasteiger partial charge in [0, 0.05) is 11.6 Å². The molecule has 0 saturated carbocycles. The Balaban J connectivity index is 1.83. The molecule has 1 heterocycles. The van der Waals surface area contributed by atoms with Crippen molar-refractivity contribution >= 4 is 32.4 Å². The number of nitrogens with zero attached hydrogens (tertiary/aromatic N) is 1. The largest absolute Gasteiger partial charge is 0.497 e. The molecule has 164 valence electrons. The highest BCUT2D eigenvalue weighted by Crippen LogP contribution is 2.36. The molecule has 2 amide bonds. The summed E-state index contributed by atoms with van der Waals surface area (Å²) in [5.74, 6) is -0.0344. The normalized spacial score (nSPS) is 15.1. The van der Waals surface area contributed by atoms with Crippen molar-refractivity contribution in [2.75, 3.05) is 33.2 Å².